The predicted molar refractivity (Wildman–Crippen MR) is 138 cm³/mol. The Morgan fingerprint density at radius 2 is 1.85 bits per heavy atom. The zero-order valence-corrected chi connectivity index (χ0v) is 20.4. The Hall–Kier alpha value is -5.31. The van der Waals surface area contributed by atoms with E-state index >= 15 is 0 Å². The monoisotopic (exact) mass is 528 g/mol. The summed E-state index contributed by atoms with van der Waals surface area (Å²) in [5.74, 6) is 3.45. The zero-order chi connectivity index (χ0) is 27.5. The van der Waals surface area contributed by atoms with Gasteiger partial charge in [0.15, 0.2) is 0 Å². The number of anilines is 2. The van der Waals surface area contributed by atoms with Gasteiger partial charge in [0.05, 0.1) is 23.4 Å². The fraction of sp³-hybridized carbons (Fsp3) is 0.111. The molecule has 3 aromatic heterocycles. The molecular weight excluding hydrogens is 509 g/mol. The van der Waals surface area contributed by atoms with Gasteiger partial charge in [-0.25, -0.2) is 33.1 Å². The maximum absolute atomic E-state index is 14.7. The standard InChI is InChI=1S/C27H19F3N8O/c1-2-21(36-25-19(24(31)34-14-35-25)7-6-17-13-32-8-9-33-17)26-37-22-5-3-4-20(30)23(22)27(39)38(26)18-11-15(28)10-16(29)12-18/h3-5,8-14,21H,2H2,1H3,(H3,31,34,35,36). The minimum Gasteiger partial charge on any atom is -0.382 e. The Balaban J connectivity index is 1.68. The molecule has 0 aliphatic heterocycles. The number of nitrogens with one attached hydrogen (secondary N) is 1. The molecule has 9 nitrogen and oxygen atoms in total. The Kier molecular flexibility index (Phi) is 6.88. The average molecular weight is 528 g/mol. The van der Waals surface area contributed by atoms with Crippen LogP contribution in [0, 0.1) is 29.3 Å². The van der Waals surface area contributed by atoms with Gasteiger partial charge in [-0.2, -0.15) is 0 Å². The molecule has 0 amide bonds. The van der Waals surface area contributed by atoms with Crippen molar-refractivity contribution in [3.05, 3.63) is 106 Å². The summed E-state index contributed by atoms with van der Waals surface area (Å²) in [4.78, 5) is 34.4. The van der Waals surface area contributed by atoms with E-state index in [-0.39, 0.29) is 39.6 Å². The van der Waals surface area contributed by atoms with Crippen molar-refractivity contribution in [1.82, 2.24) is 29.5 Å². The molecule has 1 unspecified atom stereocenters. The van der Waals surface area contributed by atoms with Crippen molar-refractivity contribution in [2.45, 2.75) is 19.4 Å². The van der Waals surface area contributed by atoms with Crippen LogP contribution in [0.1, 0.15) is 36.5 Å². The number of benzene rings is 2. The van der Waals surface area contributed by atoms with Crippen LogP contribution < -0.4 is 16.6 Å². The van der Waals surface area contributed by atoms with Gasteiger partial charge in [0.25, 0.3) is 5.56 Å². The summed E-state index contributed by atoms with van der Waals surface area (Å²) in [6.45, 7) is 1.80. The average Bonchev–Trinajstić information content (AvgIpc) is 2.91. The lowest BCUT2D eigenvalue weighted by Gasteiger charge is -2.23. The minimum atomic E-state index is -0.914. The second-order valence-electron chi connectivity index (χ2n) is 8.30. The Morgan fingerprint density at radius 1 is 1.05 bits per heavy atom. The Labute approximate surface area is 219 Å². The number of hydrogen-bond donors (Lipinski definition) is 2. The number of aromatic nitrogens is 6. The van der Waals surface area contributed by atoms with Crippen molar-refractivity contribution in [3.63, 3.8) is 0 Å². The molecule has 0 aliphatic rings. The number of hydrogen-bond acceptors (Lipinski definition) is 8. The quantitative estimate of drug-likeness (QED) is 0.329. The maximum atomic E-state index is 14.7. The second kappa shape index (κ2) is 10.6. The SMILES string of the molecule is CCC(Nc1ncnc(N)c1C#Cc1cnccn1)c1nc2cccc(F)c2c(=O)n1-c1cc(F)cc(F)c1. The van der Waals surface area contributed by atoms with Crippen LogP contribution in [-0.2, 0) is 0 Å². The highest BCUT2D eigenvalue weighted by Gasteiger charge is 2.24. The molecule has 5 rings (SSSR count). The van der Waals surface area contributed by atoms with E-state index in [1.165, 1.54) is 37.1 Å². The summed E-state index contributed by atoms with van der Waals surface area (Å²) in [6.07, 6.45) is 6.03. The van der Waals surface area contributed by atoms with E-state index < -0.39 is 29.1 Å². The molecule has 1 atom stereocenters. The number of rotatable bonds is 5. The lowest BCUT2D eigenvalue weighted by molar-refractivity contribution is 0.578. The first-order chi connectivity index (χ1) is 18.9. The molecule has 0 bridgehead atoms. The smallest absolute Gasteiger partial charge is 0.269 e. The molecular formula is C27H19F3N8O. The van der Waals surface area contributed by atoms with E-state index in [9.17, 15) is 18.0 Å². The van der Waals surface area contributed by atoms with Crippen LogP contribution in [0.25, 0.3) is 16.6 Å². The van der Waals surface area contributed by atoms with E-state index in [1.54, 1.807) is 6.92 Å². The van der Waals surface area contributed by atoms with Gasteiger partial charge in [-0.15, -0.1) is 0 Å². The molecule has 0 fully saturated rings. The molecule has 2 aromatic carbocycles. The van der Waals surface area contributed by atoms with Crippen molar-refractivity contribution in [2.75, 3.05) is 11.1 Å². The van der Waals surface area contributed by atoms with Gasteiger partial charge < -0.3 is 11.1 Å². The largest absolute Gasteiger partial charge is 0.382 e. The molecule has 39 heavy (non-hydrogen) atoms. The highest BCUT2D eigenvalue weighted by Crippen LogP contribution is 2.27. The molecule has 0 spiro atoms. The van der Waals surface area contributed by atoms with Gasteiger partial charge in [-0.1, -0.05) is 18.9 Å². The van der Waals surface area contributed by atoms with E-state index in [0.29, 0.717) is 18.2 Å². The van der Waals surface area contributed by atoms with E-state index in [0.717, 1.165) is 22.8 Å². The van der Waals surface area contributed by atoms with Crippen LogP contribution in [-0.4, -0.2) is 29.5 Å². The van der Waals surface area contributed by atoms with Gasteiger partial charge in [0.1, 0.15) is 57.9 Å². The Bertz CT molecular complexity index is 1800. The van der Waals surface area contributed by atoms with E-state index in [4.69, 9.17) is 5.73 Å². The number of fused-ring (bicyclic) bond motifs is 1. The minimum absolute atomic E-state index is 0.0654. The number of nitrogens with two attached hydrogens (primary N) is 1. The highest BCUT2D eigenvalue weighted by atomic mass is 19.1. The van der Waals surface area contributed by atoms with Crippen molar-refractivity contribution >= 4 is 22.5 Å². The molecule has 3 N–H and O–H groups in total. The third-order valence-electron chi connectivity index (χ3n) is 5.76. The molecule has 3 heterocycles. The highest BCUT2D eigenvalue weighted by molar-refractivity contribution is 5.79. The molecule has 0 radical (unpaired) electrons. The van der Waals surface area contributed by atoms with Crippen molar-refractivity contribution < 1.29 is 13.2 Å². The summed E-state index contributed by atoms with van der Waals surface area (Å²) in [7, 11) is 0. The summed E-state index contributed by atoms with van der Waals surface area (Å²) in [6, 6.07) is 5.86. The summed E-state index contributed by atoms with van der Waals surface area (Å²) >= 11 is 0. The van der Waals surface area contributed by atoms with Crippen molar-refractivity contribution in [2.24, 2.45) is 0 Å². The fourth-order valence-corrected chi connectivity index (χ4v) is 3.99. The fourth-order valence-electron chi connectivity index (χ4n) is 3.99. The molecule has 0 saturated heterocycles. The molecule has 12 heteroatoms. The normalized spacial score (nSPS) is 11.6. The van der Waals surface area contributed by atoms with E-state index in [1.807, 2.05) is 0 Å². The van der Waals surface area contributed by atoms with Gasteiger partial charge in [0.2, 0.25) is 0 Å². The van der Waals surface area contributed by atoms with Crippen molar-refractivity contribution in [1.29, 1.82) is 0 Å². The summed E-state index contributed by atoms with van der Waals surface area (Å²) in [5, 5.41) is 2.85. The first-order valence-electron chi connectivity index (χ1n) is 11.7. The lowest BCUT2D eigenvalue weighted by atomic mass is 10.1. The maximum Gasteiger partial charge on any atom is 0.269 e. The van der Waals surface area contributed by atoms with Crippen LogP contribution >= 0.6 is 0 Å². The van der Waals surface area contributed by atoms with Gasteiger partial charge >= 0.3 is 0 Å². The number of nitrogens with zero attached hydrogens (tertiary/aromatic N) is 6. The topological polar surface area (TPSA) is 124 Å². The predicted octanol–water partition coefficient (Wildman–Crippen LogP) is 3.93. The molecule has 0 saturated carbocycles. The van der Waals surface area contributed by atoms with Crippen LogP contribution in [0.15, 0.2) is 66.1 Å². The van der Waals surface area contributed by atoms with Crippen molar-refractivity contribution in [3.8, 4) is 17.5 Å². The lowest BCUT2D eigenvalue weighted by Crippen LogP contribution is -2.29. The van der Waals surface area contributed by atoms with Gasteiger partial charge in [0, 0.05) is 18.5 Å². The van der Waals surface area contributed by atoms with Gasteiger partial charge in [-0.05, 0) is 36.6 Å². The summed E-state index contributed by atoms with van der Waals surface area (Å²) in [5.41, 5.74) is 5.81. The molecule has 0 aliphatic carbocycles. The zero-order valence-electron chi connectivity index (χ0n) is 20.4. The summed E-state index contributed by atoms with van der Waals surface area (Å²) < 4.78 is 44.1. The third kappa shape index (κ3) is 5.10. The third-order valence-corrected chi connectivity index (χ3v) is 5.76. The number of nitrogen functional groups attached to an aromatic ring is 1. The second-order valence-corrected chi connectivity index (χ2v) is 8.30. The van der Waals surface area contributed by atoms with Crippen LogP contribution in [0.2, 0.25) is 0 Å². The molecule has 5 aromatic rings. The first-order valence-corrected chi connectivity index (χ1v) is 11.7. The van der Waals surface area contributed by atoms with Crippen LogP contribution in [0.3, 0.4) is 0 Å². The number of halogens is 3. The first kappa shape index (κ1) is 25.3. The Morgan fingerprint density at radius 3 is 2.56 bits per heavy atom. The van der Waals surface area contributed by atoms with Crippen LogP contribution in [0.4, 0.5) is 24.8 Å². The van der Waals surface area contributed by atoms with Crippen LogP contribution in [0.5, 0.6) is 0 Å². The van der Waals surface area contributed by atoms with E-state index in [2.05, 4.69) is 42.1 Å². The molecule has 194 valence electrons. The van der Waals surface area contributed by atoms with Gasteiger partial charge in [-0.3, -0.25) is 14.3 Å².